The molecule has 0 aromatic heterocycles. The molecule has 1 rings (SSSR count). The van der Waals surface area contributed by atoms with E-state index in [0.717, 1.165) is 6.07 Å². The summed E-state index contributed by atoms with van der Waals surface area (Å²) in [4.78, 5) is 11.8. The quantitative estimate of drug-likeness (QED) is 0.822. The van der Waals surface area contributed by atoms with Gasteiger partial charge in [0, 0.05) is 24.7 Å². The van der Waals surface area contributed by atoms with Gasteiger partial charge in [-0.3, -0.25) is 0 Å². The van der Waals surface area contributed by atoms with Gasteiger partial charge in [0.15, 0.2) is 0 Å². The monoisotopic (exact) mass is 342 g/mol. The summed E-state index contributed by atoms with van der Waals surface area (Å²) in [6, 6.07) is 3.42. The first-order valence-electron chi connectivity index (χ1n) is 8.08. The van der Waals surface area contributed by atoms with Crippen LogP contribution in [0.1, 0.15) is 47.1 Å². The summed E-state index contributed by atoms with van der Waals surface area (Å²) in [5.74, 6) is -1.04. The maximum Gasteiger partial charge on any atom is 0.407 e. The molecule has 24 heavy (non-hydrogen) atoms. The molecule has 2 N–H and O–H groups in total. The molecule has 1 aromatic rings. The van der Waals surface area contributed by atoms with Crippen LogP contribution in [0.3, 0.4) is 0 Å². The summed E-state index contributed by atoms with van der Waals surface area (Å²) in [6.07, 6.45) is -0.493. The maximum atomic E-state index is 13.3. The third-order valence-electron chi connectivity index (χ3n) is 3.89. The zero-order valence-electron chi connectivity index (χ0n) is 15.3. The van der Waals surface area contributed by atoms with Gasteiger partial charge < -0.3 is 15.4 Å². The Labute approximate surface area is 143 Å². The molecule has 1 atom stereocenters. The van der Waals surface area contributed by atoms with Crippen molar-refractivity contribution in [3.05, 3.63) is 35.4 Å². The van der Waals surface area contributed by atoms with E-state index in [9.17, 15) is 13.6 Å². The lowest BCUT2D eigenvalue weighted by molar-refractivity contribution is 0.0503. The van der Waals surface area contributed by atoms with E-state index in [0.29, 0.717) is 18.7 Å². The van der Waals surface area contributed by atoms with Gasteiger partial charge >= 0.3 is 6.09 Å². The smallest absolute Gasteiger partial charge is 0.407 e. The van der Waals surface area contributed by atoms with E-state index in [2.05, 4.69) is 10.6 Å². The standard InChI is InChI=1S/C18H28F2N2O2/c1-12(2)18(6,11-21-16(23)24-17(3,4)5)22-10-13-7-14(19)9-15(20)8-13/h7-9,12,22H,10-11H2,1-6H3,(H,21,23). The minimum Gasteiger partial charge on any atom is -0.444 e. The summed E-state index contributed by atoms with van der Waals surface area (Å²) < 4.78 is 31.8. The van der Waals surface area contributed by atoms with E-state index >= 15 is 0 Å². The Morgan fingerprint density at radius 2 is 1.67 bits per heavy atom. The molecule has 0 spiro atoms. The molecule has 4 nitrogen and oxygen atoms in total. The van der Waals surface area contributed by atoms with Gasteiger partial charge in [0.1, 0.15) is 17.2 Å². The van der Waals surface area contributed by atoms with Crippen LogP contribution in [0.15, 0.2) is 18.2 Å². The number of ether oxygens (including phenoxy) is 1. The molecule has 6 heteroatoms. The minimum atomic E-state index is -0.607. The van der Waals surface area contributed by atoms with Crippen molar-refractivity contribution in [1.82, 2.24) is 10.6 Å². The Morgan fingerprint density at radius 3 is 2.12 bits per heavy atom. The first-order valence-corrected chi connectivity index (χ1v) is 8.08. The highest BCUT2D eigenvalue weighted by Crippen LogP contribution is 2.18. The fourth-order valence-electron chi connectivity index (χ4n) is 2.06. The minimum absolute atomic E-state index is 0.172. The third-order valence-corrected chi connectivity index (χ3v) is 3.89. The largest absolute Gasteiger partial charge is 0.444 e. The van der Waals surface area contributed by atoms with Crippen LogP contribution < -0.4 is 10.6 Å². The van der Waals surface area contributed by atoms with Crippen LogP contribution >= 0.6 is 0 Å². The van der Waals surface area contributed by atoms with E-state index in [1.165, 1.54) is 12.1 Å². The molecule has 0 heterocycles. The molecule has 0 aliphatic rings. The number of carbonyl (C=O) groups excluding carboxylic acids is 1. The summed E-state index contributed by atoms with van der Waals surface area (Å²) in [7, 11) is 0. The van der Waals surface area contributed by atoms with Crippen molar-refractivity contribution in [2.45, 2.75) is 59.2 Å². The molecule has 1 unspecified atom stereocenters. The van der Waals surface area contributed by atoms with Crippen LogP contribution in [0.2, 0.25) is 0 Å². The van der Waals surface area contributed by atoms with Crippen LogP contribution in [0.5, 0.6) is 0 Å². The average Bonchev–Trinajstić information content (AvgIpc) is 2.40. The van der Waals surface area contributed by atoms with E-state index < -0.39 is 28.9 Å². The van der Waals surface area contributed by atoms with Gasteiger partial charge in [-0.25, -0.2) is 13.6 Å². The van der Waals surface area contributed by atoms with Gasteiger partial charge in [0.25, 0.3) is 0 Å². The van der Waals surface area contributed by atoms with E-state index in [-0.39, 0.29) is 5.92 Å². The highest BCUT2D eigenvalue weighted by molar-refractivity contribution is 5.67. The lowest BCUT2D eigenvalue weighted by atomic mass is 9.88. The highest BCUT2D eigenvalue weighted by Gasteiger charge is 2.29. The Balaban J connectivity index is 2.69. The molecule has 136 valence electrons. The predicted octanol–water partition coefficient (Wildman–Crippen LogP) is 3.99. The SMILES string of the molecule is CC(C)C(C)(CNC(=O)OC(C)(C)C)NCc1cc(F)cc(F)c1. The highest BCUT2D eigenvalue weighted by atomic mass is 19.1. The van der Waals surface area contributed by atoms with E-state index in [4.69, 9.17) is 4.74 Å². The van der Waals surface area contributed by atoms with Gasteiger partial charge in [-0.2, -0.15) is 0 Å². The predicted molar refractivity (Wildman–Crippen MR) is 90.7 cm³/mol. The summed E-state index contributed by atoms with van der Waals surface area (Å²) in [6.45, 7) is 12.0. The van der Waals surface area contributed by atoms with Crippen molar-refractivity contribution < 1.29 is 18.3 Å². The third kappa shape index (κ3) is 6.83. The van der Waals surface area contributed by atoms with Crippen molar-refractivity contribution >= 4 is 6.09 Å². The second kappa shape index (κ2) is 7.92. The zero-order valence-corrected chi connectivity index (χ0v) is 15.3. The lowest BCUT2D eigenvalue weighted by Crippen LogP contribution is -2.55. The van der Waals surface area contributed by atoms with E-state index in [1.807, 2.05) is 20.8 Å². The van der Waals surface area contributed by atoms with Gasteiger partial charge in [0.05, 0.1) is 0 Å². The van der Waals surface area contributed by atoms with Crippen LogP contribution in [0.25, 0.3) is 0 Å². The van der Waals surface area contributed by atoms with Crippen molar-refractivity contribution in [2.75, 3.05) is 6.54 Å². The average molecular weight is 342 g/mol. The van der Waals surface area contributed by atoms with Gasteiger partial charge in [-0.05, 0) is 51.3 Å². The van der Waals surface area contributed by atoms with Crippen molar-refractivity contribution in [3.63, 3.8) is 0 Å². The second-order valence-corrected chi connectivity index (χ2v) is 7.56. The van der Waals surface area contributed by atoms with Gasteiger partial charge in [-0.15, -0.1) is 0 Å². The van der Waals surface area contributed by atoms with Crippen molar-refractivity contribution in [3.8, 4) is 0 Å². The summed E-state index contributed by atoms with van der Waals surface area (Å²) in [5, 5.41) is 6.03. The van der Waals surface area contributed by atoms with Crippen molar-refractivity contribution in [2.24, 2.45) is 5.92 Å². The van der Waals surface area contributed by atoms with Crippen molar-refractivity contribution in [1.29, 1.82) is 0 Å². The molecular weight excluding hydrogens is 314 g/mol. The van der Waals surface area contributed by atoms with Crippen LogP contribution in [0.4, 0.5) is 13.6 Å². The van der Waals surface area contributed by atoms with Gasteiger partial charge in [-0.1, -0.05) is 13.8 Å². The fraction of sp³-hybridized carbons (Fsp3) is 0.611. The van der Waals surface area contributed by atoms with Crippen LogP contribution in [-0.2, 0) is 11.3 Å². The number of hydrogen-bond acceptors (Lipinski definition) is 3. The normalized spacial score (nSPS) is 14.4. The molecular formula is C18H28F2N2O2. The lowest BCUT2D eigenvalue weighted by Gasteiger charge is -2.35. The molecule has 0 radical (unpaired) electrons. The van der Waals surface area contributed by atoms with Crippen LogP contribution in [0, 0.1) is 17.6 Å². The van der Waals surface area contributed by atoms with Gasteiger partial charge in [0.2, 0.25) is 0 Å². The summed E-state index contributed by atoms with van der Waals surface area (Å²) in [5.41, 5.74) is -0.512. The van der Waals surface area contributed by atoms with E-state index in [1.54, 1.807) is 20.8 Å². The first-order chi connectivity index (χ1) is 10.9. The molecule has 1 aromatic carbocycles. The topological polar surface area (TPSA) is 50.4 Å². The maximum absolute atomic E-state index is 13.3. The molecule has 0 saturated carbocycles. The number of nitrogens with one attached hydrogen (secondary N) is 2. The molecule has 0 aliphatic heterocycles. The Hall–Kier alpha value is -1.69. The Bertz CT molecular complexity index is 550. The number of halogens is 2. The number of benzene rings is 1. The zero-order chi connectivity index (χ0) is 18.5. The molecule has 0 fully saturated rings. The number of hydrogen-bond donors (Lipinski definition) is 2. The molecule has 0 saturated heterocycles. The molecule has 0 aliphatic carbocycles. The second-order valence-electron chi connectivity index (χ2n) is 7.56. The van der Waals surface area contributed by atoms with Crippen LogP contribution in [-0.4, -0.2) is 23.8 Å². The number of carbonyl (C=O) groups is 1. The Kier molecular flexibility index (Phi) is 6.72. The number of amides is 1. The fourth-order valence-corrected chi connectivity index (χ4v) is 2.06. The molecule has 1 amide bonds. The number of rotatable bonds is 6. The first kappa shape index (κ1) is 20.4. The Morgan fingerprint density at radius 1 is 1.12 bits per heavy atom. The summed E-state index contributed by atoms with van der Waals surface area (Å²) >= 11 is 0. The number of alkyl carbamates (subject to hydrolysis) is 1. The molecule has 0 bridgehead atoms.